The molecule has 0 saturated heterocycles. The molecule has 1 N–H and O–H groups in total. The number of nitrogens with one attached hydrogen (secondary N) is 1. The summed E-state index contributed by atoms with van der Waals surface area (Å²) in [5.41, 5.74) is -0.170. The van der Waals surface area contributed by atoms with E-state index in [2.05, 4.69) is 17.2 Å². The lowest BCUT2D eigenvalue weighted by molar-refractivity contribution is -0.130. The molecule has 0 unspecified atom stereocenters. The summed E-state index contributed by atoms with van der Waals surface area (Å²) in [4.78, 5) is 28.2. The van der Waals surface area contributed by atoms with E-state index in [1.165, 1.54) is 19.5 Å². The van der Waals surface area contributed by atoms with Crippen LogP contribution in [0.15, 0.2) is 6.20 Å². The maximum Gasteiger partial charge on any atom is 0.359 e. The first-order valence-electron chi connectivity index (χ1n) is 7.82. The van der Waals surface area contributed by atoms with Crippen LogP contribution in [0.2, 0.25) is 15.1 Å². The minimum absolute atomic E-state index is 0.0217. The molecule has 1 aliphatic carbocycles. The van der Waals surface area contributed by atoms with Gasteiger partial charge in [0.15, 0.2) is 11.8 Å². The van der Waals surface area contributed by atoms with Gasteiger partial charge < -0.3 is 10.1 Å². The Morgan fingerprint density at radius 3 is 2.58 bits per heavy atom. The van der Waals surface area contributed by atoms with E-state index < -0.39 is 12.1 Å². The van der Waals surface area contributed by atoms with Gasteiger partial charge in [0, 0.05) is 12.2 Å². The minimum Gasteiger partial charge on any atom is -0.448 e. The Labute approximate surface area is 156 Å². The van der Waals surface area contributed by atoms with Crippen LogP contribution in [0.3, 0.4) is 0 Å². The van der Waals surface area contributed by atoms with Gasteiger partial charge in [0.05, 0.1) is 15.1 Å². The maximum atomic E-state index is 12.2. The van der Waals surface area contributed by atoms with Crippen molar-refractivity contribution >= 4 is 46.7 Å². The third kappa shape index (κ3) is 4.52. The molecule has 1 aliphatic rings. The number of esters is 1. The first-order chi connectivity index (χ1) is 11.3. The second-order valence-electron chi connectivity index (χ2n) is 6.01. The van der Waals surface area contributed by atoms with Crippen LogP contribution in [0.25, 0.3) is 0 Å². The van der Waals surface area contributed by atoms with Crippen LogP contribution >= 0.6 is 34.8 Å². The zero-order chi connectivity index (χ0) is 17.9. The Balaban J connectivity index is 1.98. The molecule has 0 aromatic carbocycles. The number of amides is 1. The Kier molecular flexibility index (Phi) is 6.72. The lowest BCUT2D eigenvalue weighted by Crippen LogP contribution is -2.46. The summed E-state index contributed by atoms with van der Waals surface area (Å²) in [5.74, 6) is -0.743. The highest BCUT2D eigenvalue weighted by molar-refractivity contribution is 6.48. The molecular formula is C16H19Cl3N2O3. The molecule has 8 heteroatoms. The predicted molar refractivity (Wildman–Crippen MR) is 93.7 cm³/mol. The van der Waals surface area contributed by atoms with Crippen LogP contribution in [0.1, 0.15) is 50.0 Å². The number of nitrogens with zero attached hydrogens (tertiary/aromatic N) is 1. The SMILES string of the molecule is C[C@@H](OC(=O)c1ncc(Cl)c(Cl)c1Cl)C(=O)N[C@@H]1CCCC[C@@H]1C. The fourth-order valence-corrected chi connectivity index (χ4v) is 3.24. The molecule has 0 radical (unpaired) electrons. The van der Waals surface area contributed by atoms with Crippen LogP contribution in [-0.4, -0.2) is 29.0 Å². The van der Waals surface area contributed by atoms with Crippen molar-refractivity contribution in [3.8, 4) is 0 Å². The molecule has 1 aromatic heterocycles. The lowest BCUT2D eigenvalue weighted by Gasteiger charge is -2.30. The van der Waals surface area contributed by atoms with Crippen LogP contribution in [0.5, 0.6) is 0 Å². The van der Waals surface area contributed by atoms with Crippen molar-refractivity contribution in [1.29, 1.82) is 0 Å². The molecule has 1 amide bonds. The molecule has 1 saturated carbocycles. The monoisotopic (exact) mass is 392 g/mol. The van der Waals surface area contributed by atoms with E-state index in [4.69, 9.17) is 39.5 Å². The van der Waals surface area contributed by atoms with Crippen molar-refractivity contribution in [3.63, 3.8) is 0 Å². The number of hydrogen-bond acceptors (Lipinski definition) is 4. The van der Waals surface area contributed by atoms with E-state index in [-0.39, 0.29) is 32.7 Å². The van der Waals surface area contributed by atoms with E-state index in [0.717, 1.165) is 19.3 Å². The van der Waals surface area contributed by atoms with E-state index in [1.807, 2.05) is 0 Å². The summed E-state index contributed by atoms with van der Waals surface area (Å²) in [6.45, 7) is 3.62. The van der Waals surface area contributed by atoms with Crippen LogP contribution < -0.4 is 5.32 Å². The molecule has 3 atom stereocenters. The Morgan fingerprint density at radius 1 is 1.25 bits per heavy atom. The zero-order valence-corrected chi connectivity index (χ0v) is 15.7. The molecule has 0 aliphatic heterocycles. The number of carbonyl (C=O) groups excluding carboxylic acids is 2. The first-order valence-corrected chi connectivity index (χ1v) is 8.95. The third-order valence-corrected chi connectivity index (χ3v) is 5.44. The van der Waals surface area contributed by atoms with Crippen molar-refractivity contribution in [2.45, 2.75) is 51.7 Å². The van der Waals surface area contributed by atoms with Crippen molar-refractivity contribution in [2.24, 2.45) is 5.92 Å². The minimum atomic E-state index is -0.959. The second-order valence-corrected chi connectivity index (χ2v) is 7.17. The first kappa shape index (κ1) is 19.3. The van der Waals surface area contributed by atoms with Crippen molar-refractivity contribution in [2.75, 3.05) is 0 Å². The number of aromatic nitrogens is 1. The Hall–Kier alpha value is -1.04. The normalized spacial score (nSPS) is 21.9. The molecule has 5 nitrogen and oxygen atoms in total. The average Bonchev–Trinajstić information content (AvgIpc) is 2.54. The van der Waals surface area contributed by atoms with E-state index in [0.29, 0.717) is 5.92 Å². The highest BCUT2D eigenvalue weighted by Gasteiger charge is 2.27. The molecule has 132 valence electrons. The number of hydrogen-bond donors (Lipinski definition) is 1. The van der Waals surface area contributed by atoms with Crippen molar-refractivity contribution < 1.29 is 14.3 Å². The molecule has 0 bridgehead atoms. The van der Waals surface area contributed by atoms with Gasteiger partial charge in [-0.3, -0.25) is 4.79 Å². The summed E-state index contributed by atoms with van der Waals surface area (Å²) in [5, 5.41) is 3.01. The molecular weight excluding hydrogens is 375 g/mol. The zero-order valence-electron chi connectivity index (χ0n) is 13.4. The summed E-state index contributed by atoms with van der Waals surface area (Å²) < 4.78 is 5.15. The predicted octanol–water partition coefficient (Wildman–Crippen LogP) is 4.28. The smallest absolute Gasteiger partial charge is 0.359 e. The topological polar surface area (TPSA) is 68.3 Å². The molecule has 1 aromatic rings. The lowest BCUT2D eigenvalue weighted by atomic mass is 9.86. The molecule has 24 heavy (non-hydrogen) atoms. The number of halogens is 3. The third-order valence-electron chi connectivity index (χ3n) is 4.20. The van der Waals surface area contributed by atoms with E-state index >= 15 is 0 Å². The van der Waals surface area contributed by atoms with Gasteiger partial charge in [0.1, 0.15) is 0 Å². The average molecular weight is 394 g/mol. The number of ether oxygens (including phenoxy) is 1. The van der Waals surface area contributed by atoms with Gasteiger partial charge in [0.25, 0.3) is 5.91 Å². The van der Waals surface area contributed by atoms with Gasteiger partial charge in [-0.05, 0) is 25.7 Å². The van der Waals surface area contributed by atoms with Crippen LogP contribution in [0.4, 0.5) is 0 Å². The van der Waals surface area contributed by atoms with Gasteiger partial charge in [-0.25, -0.2) is 9.78 Å². The van der Waals surface area contributed by atoms with E-state index in [9.17, 15) is 9.59 Å². The summed E-state index contributed by atoms with van der Waals surface area (Å²) in [6, 6.07) is 0.110. The quantitative estimate of drug-likeness (QED) is 0.775. The van der Waals surface area contributed by atoms with Crippen LogP contribution in [-0.2, 0) is 9.53 Å². The van der Waals surface area contributed by atoms with Gasteiger partial charge in [-0.2, -0.15) is 0 Å². The summed E-state index contributed by atoms with van der Waals surface area (Å²) in [7, 11) is 0. The summed E-state index contributed by atoms with van der Waals surface area (Å²) >= 11 is 17.6. The van der Waals surface area contributed by atoms with Gasteiger partial charge >= 0.3 is 5.97 Å². The van der Waals surface area contributed by atoms with Crippen molar-refractivity contribution in [1.82, 2.24) is 10.3 Å². The number of pyridine rings is 1. The van der Waals surface area contributed by atoms with Gasteiger partial charge in [-0.15, -0.1) is 0 Å². The van der Waals surface area contributed by atoms with Crippen LogP contribution in [0, 0.1) is 5.92 Å². The van der Waals surface area contributed by atoms with E-state index in [1.54, 1.807) is 0 Å². The molecule has 0 spiro atoms. The van der Waals surface area contributed by atoms with Crippen molar-refractivity contribution in [3.05, 3.63) is 27.0 Å². The Bertz CT molecular complexity index is 639. The Morgan fingerprint density at radius 2 is 1.92 bits per heavy atom. The highest BCUT2D eigenvalue weighted by Crippen LogP contribution is 2.31. The highest BCUT2D eigenvalue weighted by atomic mass is 35.5. The fraction of sp³-hybridized carbons (Fsp3) is 0.562. The van der Waals surface area contributed by atoms with Gasteiger partial charge in [0.2, 0.25) is 0 Å². The number of carbonyl (C=O) groups is 2. The molecule has 2 rings (SSSR count). The summed E-state index contributed by atoms with van der Waals surface area (Å²) in [6.07, 6.45) is 4.54. The standard InChI is InChI=1S/C16H19Cl3N2O3/c1-8-5-3-4-6-11(8)21-15(22)9(2)24-16(23)14-13(19)12(18)10(17)7-20-14/h7-9,11H,3-6H2,1-2H3,(H,21,22)/t8-,9+,11+/m0/s1. The second kappa shape index (κ2) is 8.37. The molecule has 1 heterocycles. The largest absolute Gasteiger partial charge is 0.448 e. The fourth-order valence-electron chi connectivity index (χ4n) is 2.69. The van der Waals surface area contributed by atoms with Gasteiger partial charge in [-0.1, -0.05) is 54.6 Å². The number of rotatable bonds is 4. The maximum absolute atomic E-state index is 12.2. The molecule has 1 fully saturated rings.